The first-order chi connectivity index (χ1) is 9.54. The average molecular weight is 292 g/mol. The topological polar surface area (TPSA) is 76.5 Å². The van der Waals surface area contributed by atoms with Crippen molar-refractivity contribution < 1.29 is 19.4 Å². The van der Waals surface area contributed by atoms with E-state index in [1.54, 1.807) is 18.2 Å². The number of ether oxygens (including phenoxy) is 1. The van der Waals surface area contributed by atoms with Gasteiger partial charge in [0.2, 0.25) is 0 Å². The molecule has 0 fully saturated rings. The molecule has 1 heterocycles. The van der Waals surface area contributed by atoms with Gasteiger partial charge in [0.1, 0.15) is 0 Å². The van der Waals surface area contributed by atoms with Gasteiger partial charge in [-0.05, 0) is 23.8 Å². The number of carbonyl (C=O) groups is 2. The first-order valence-electron chi connectivity index (χ1n) is 5.61. The third-order valence-corrected chi connectivity index (χ3v) is 3.01. The zero-order chi connectivity index (χ0) is 14.7. The van der Waals surface area contributed by atoms with Crippen LogP contribution in [-0.4, -0.2) is 29.1 Å². The maximum absolute atomic E-state index is 11.4. The Morgan fingerprint density at radius 2 is 2.05 bits per heavy atom. The van der Waals surface area contributed by atoms with Gasteiger partial charge in [-0.1, -0.05) is 23.7 Å². The number of aromatic nitrogens is 1. The molecule has 0 bridgehead atoms. The number of pyridine rings is 1. The number of hydrogen-bond donors (Lipinski definition) is 1. The summed E-state index contributed by atoms with van der Waals surface area (Å²) in [6, 6.07) is 7.85. The van der Waals surface area contributed by atoms with Crippen molar-refractivity contribution in [2.24, 2.45) is 0 Å². The summed E-state index contributed by atoms with van der Waals surface area (Å²) in [6.45, 7) is 0. The van der Waals surface area contributed by atoms with Crippen molar-refractivity contribution in [3.8, 4) is 11.1 Å². The molecule has 0 aliphatic rings. The van der Waals surface area contributed by atoms with Gasteiger partial charge in [-0.15, -0.1) is 0 Å². The van der Waals surface area contributed by atoms with Crippen molar-refractivity contribution in [1.82, 2.24) is 4.98 Å². The highest BCUT2D eigenvalue weighted by molar-refractivity contribution is 6.33. The van der Waals surface area contributed by atoms with Gasteiger partial charge in [-0.3, -0.25) is 0 Å². The van der Waals surface area contributed by atoms with Gasteiger partial charge < -0.3 is 9.84 Å². The minimum absolute atomic E-state index is 0.0746. The number of halogens is 1. The minimum Gasteiger partial charge on any atom is -0.476 e. The van der Waals surface area contributed by atoms with Gasteiger partial charge >= 0.3 is 11.9 Å². The zero-order valence-electron chi connectivity index (χ0n) is 10.5. The van der Waals surface area contributed by atoms with Crippen LogP contribution in [-0.2, 0) is 4.74 Å². The van der Waals surface area contributed by atoms with E-state index in [0.29, 0.717) is 11.1 Å². The lowest BCUT2D eigenvalue weighted by Crippen LogP contribution is -2.04. The summed E-state index contributed by atoms with van der Waals surface area (Å²) in [4.78, 5) is 26.4. The molecule has 2 rings (SSSR count). The number of carbonyl (C=O) groups excluding carboxylic acids is 1. The molecular weight excluding hydrogens is 282 g/mol. The largest absolute Gasteiger partial charge is 0.476 e. The Morgan fingerprint density at radius 3 is 2.65 bits per heavy atom. The lowest BCUT2D eigenvalue weighted by Gasteiger charge is -2.08. The second-order valence-corrected chi connectivity index (χ2v) is 4.30. The second kappa shape index (κ2) is 5.71. The predicted octanol–water partition coefficient (Wildman–Crippen LogP) is 2.89. The molecule has 5 nitrogen and oxygen atoms in total. The van der Waals surface area contributed by atoms with E-state index in [1.165, 1.54) is 25.4 Å². The van der Waals surface area contributed by atoms with E-state index in [1.807, 2.05) is 0 Å². The quantitative estimate of drug-likeness (QED) is 0.880. The van der Waals surface area contributed by atoms with Crippen LogP contribution in [0.25, 0.3) is 11.1 Å². The van der Waals surface area contributed by atoms with Crippen molar-refractivity contribution in [2.45, 2.75) is 0 Å². The average Bonchev–Trinajstić information content (AvgIpc) is 2.46. The lowest BCUT2D eigenvalue weighted by atomic mass is 10.0. The monoisotopic (exact) mass is 291 g/mol. The number of aromatic carboxylic acids is 1. The van der Waals surface area contributed by atoms with Gasteiger partial charge in [-0.25, -0.2) is 14.6 Å². The summed E-state index contributed by atoms with van der Waals surface area (Å²) in [5.74, 6) is -1.68. The Labute approximate surface area is 119 Å². The highest BCUT2D eigenvalue weighted by Crippen LogP contribution is 2.27. The number of hydrogen-bond acceptors (Lipinski definition) is 4. The number of rotatable bonds is 3. The Kier molecular flexibility index (Phi) is 4.00. The molecule has 0 atom stereocenters. The molecule has 6 heteroatoms. The van der Waals surface area contributed by atoms with E-state index >= 15 is 0 Å². The van der Waals surface area contributed by atoms with Gasteiger partial charge in [0.25, 0.3) is 0 Å². The Balaban J connectivity index is 2.53. The first kappa shape index (κ1) is 14.0. The van der Waals surface area contributed by atoms with Crippen LogP contribution in [0.15, 0.2) is 36.5 Å². The van der Waals surface area contributed by atoms with E-state index in [0.717, 1.165) is 0 Å². The van der Waals surface area contributed by atoms with Crippen LogP contribution in [0, 0.1) is 0 Å². The maximum Gasteiger partial charge on any atom is 0.355 e. The van der Waals surface area contributed by atoms with E-state index in [4.69, 9.17) is 16.7 Å². The lowest BCUT2D eigenvalue weighted by molar-refractivity contribution is 0.0600. The Morgan fingerprint density at radius 1 is 1.30 bits per heavy atom. The third-order valence-electron chi connectivity index (χ3n) is 2.70. The van der Waals surface area contributed by atoms with Crippen LogP contribution in [0.5, 0.6) is 0 Å². The molecule has 2 aromatic rings. The summed E-state index contributed by atoms with van der Waals surface area (Å²) in [5.41, 5.74) is 1.14. The molecule has 0 spiro atoms. The smallest absolute Gasteiger partial charge is 0.355 e. The van der Waals surface area contributed by atoms with Crippen molar-refractivity contribution >= 4 is 23.5 Å². The van der Waals surface area contributed by atoms with E-state index in [-0.39, 0.29) is 16.3 Å². The fourth-order valence-corrected chi connectivity index (χ4v) is 2.02. The van der Waals surface area contributed by atoms with Gasteiger partial charge in [-0.2, -0.15) is 0 Å². The predicted molar refractivity (Wildman–Crippen MR) is 73.0 cm³/mol. The Bertz CT molecular complexity index is 685. The van der Waals surface area contributed by atoms with Crippen molar-refractivity contribution in [3.63, 3.8) is 0 Å². The van der Waals surface area contributed by atoms with Crippen molar-refractivity contribution in [3.05, 3.63) is 52.8 Å². The number of nitrogens with zero attached hydrogens (tertiary/aromatic N) is 1. The molecule has 0 amide bonds. The molecule has 0 aliphatic carbocycles. The summed E-state index contributed by atoms with van der Waals surface area (Å²) in [7, 11) is 1.26. The summed E-state index contributed by atoms with van der Waals surface area (Å²) >= 11 is 6.02. The zero-order valence-corrected chi connectivity index (χ0v) is 11.2. The highest BCUT2D eigenvalue weighted by atomic mass is 35.5. The molecule has 20 heavy (non-hydrogen) atoms. The van der Waals surface area contributed by atoms with E-state index < -0.39 is 11.9 Å². The van der Waals surface area contributed by atoms with Crippen LogP contribution in [0.4, 0.5) is 0 Å². The fourth-order valence-electron chi connectivity index (χ4n) is 1.77. The first-order valence-corrected chi connectivity index (χ1v) is 5.99. The van der Waals surface area contributed by atoms with Crippen LogP contribution in [0.2, 0.25) is 5.02 Å². The summed E-state index contributed by atoms with van der Waals surface area (Å²) < 4.78 is 4.59. The third kappa shape index (κ3) is 2.62. The minimum atomic E-state index is -1.13. The SMILES string of the molecule is COC(=O)c1ccc(-c2cccnc2C(=O)O)cc1Cl. The molecule has 0 unspecified atom stereocenters. The molecular formula is C14H10ClNO4. The standard InChI is InChI=1S/C14H10ClNO4/c1-20-14(19)10-5-4-8(7-11(10)15)9-3-2-6-16-12(9)13(17)18/h2-7H,1H3,(H,17,18). The number of carboxylic acids is 1. The molecule has 102 valence electrons. The van der Waals surface area contributed by atoms with Crippen LogP contribution in [0.1, 0.15) is 20.8 Å². The van der Waals surface area contributed by atoms with E-state index in [2.05, 4.69) is 9.72 Å². The van der Waals surface area contributed by atoms with Crippen LogP contribution < -0.4 is 0 Å². The molecule has 1 aromatic carbocycles. The van der Waals surface area contributed by atoms with Gasteiger partial charge in [0.05, 0.1) is 17.7 Å². The number of benzene rings is 1. The summed E-state index contributed by atoms with van der Waals surface area (Å²) in [6.07, 6.45) is 1.40. The fraction of sp³-hybridized carbons (Fsp3) is 0.0714. The van der Waals surface area contributed by atoms with Crippen molar-refractivity contribution in [1.29, 1.82) is 0 Å². The normalized spacial score (nSPS) is 10.1. The van der Waals surface area contributed by atoms with E-state index in [9.17, 15) is 9.59 Å². The van der Waals surface area contributed by atoms with Crippen molar-refractivity contribution in [2.75, 3.05) is 7.11 Å². The molecule has 0 radical (unpaired) electrons. The molecule has 1 aromatic heterocycles. The Hall–Kier alpha value is -2.40. The highest BCUT2D eigenvalue weighted by Gasteiger charge is 2.16. The summed E-state index contributed by atoms with van der Waals surface area (Å²) in [5, 5.41) is 9.30. The second-order valence-electron chi connectivity index (χ2n) is 3.89. The molecule has 0 aliphatic heterocycles. The van der Waals surface area contributed by atoms with Gasteiger partial charge in [0.15, 0.2) is 5.69 Å². The maximum atomic E-state index is 11.4. The van der Waals surface area contributed by atoms with Gasteiger partial charge in [0, 0.05) is 11.8 Å². The number of methoxy groups -OCH3 is 1. The number of carboxylic acid groups (broad SMARTS) is 1. The van der Waals surface area contributed by atoms with Crippen LogP contribution in [0.3, 0.4) is 0 Å². The molecule has 1 N–H and O–H groups in total. The molecule has 0 saturated carbocycles. The molecule has 0 saturated heterocycles. The van der Waals surface area contributed by atoms with Crippen LogP contribution >= 0.6 is 11.6 Å². The number of esters is 1.